The molecular weight excluding hydrogens is 372 g/mol. The van der Waals surface area contributed by atoms with Gasteiger partial charge in [0.2, 0.25) is 5.91 Å². The lowest BCUT2D eigenvalue weighted by Crippen LogP contribution is -2.11. The molecule has 0 fully saturated rings. The average Bonchev–Trinajstić information content (AvgIpc) is 3.07. The summed E-state index contributed by atoms with van der Waals surface area (Å²) in [6.07, 6.45) is 4.68. The molecule has 2 N–H and O–H groups in total. The molecule has 0 atom stereocenters. The first-order chi connectivity index (χ1) is 14.6. The number of carbonyl (C=O) groups is 1. The third kappa shape index (κ3) is 3.65. The smallest absolute Gasteiger partial charge is 0.249 e. The van der Waals surface area contributed by atoms with Gasteiger partial charge in [0.25, 0.3) is 0 Å². The highest BCUT2D eigenvalue weighted by Gasteiger charge is 2.17. The molecule has 4 aromatic rings. The van der Waals surface area contributed by atoms with E-state index in [-0.39, 0.29) is 0 Å². The van der Waals surface area contributed by atoms with Crippen molar-refractivity contribution in [1.29, 1.82) is 0 Å². The second-order valence-corrected chi connectivity index (χ2v) is 7.77. The van der Waals surface area contributed by atoms with E-state index in [9.17, 15) is 4.79 Å². The van der Waals surface area contributed by atoms with Gasteiger partial charge in [0.05, 0.1) is 19.2 Å². The van der Waals surface area contributed by atoms with Gasteiger partial charge in [-0.05, 0) is 42.7 Å². The van der Waals surface area contributed by atoms with Crippen molar-refractivity contribution < 1.29 is 9.53 Å². The number of para-hydroxylation sites is 1. The molecule has 0 saturated heterocycles. The van der Waals surface area contributed by atoms with Crippen LogP contribution in [0.25, 0.3) is 21.8 Å². The first-order valence-electron chi connectivity index (χ1n) is 10.6. The summed E-state index contributed by atoms with van der Waals surface area (Å²) in [5, 5.41) is 1.99. The minimum absolute atomic E-state index is 0.399. The second kappa shape index (κ2) is 8.62. The lowest BCUT2D eigenvalue weighted by molar-refractivity contribution is 0.100. The van der Waals surface area contributed by atoms with Crippen LogP contribution in [0.4, 0.5) is 0 Å². The predicted octanol–water partition coefficient (Wildman–Crippen LogP) is 5.68. The largest absolute Gasteiger partial charge is 0.496 e. The summed E-state index contributed by atoms with van der Waals surface area (Å²) in [4.78, 5) is 12.2. The highest BCUT2D eigenvalue weighted by Crippen LogP contribution is 2.34. The number of nitrogens with zero attached hydrogens (tertiary/aromatic N) is 1. The fraction of sp³-hybridized carbons (Fsp3) is 0.269. The van der Waals surface area contributed by atoms with Gasteiger partial charge in [-0.2, -0.15) is 0 Å². The van der Waals surface area contributed by atoms with E-state index in [1.165, 1.54) is 24.8 Å². The summed E-state index contributed by atoms with van der Waals surface area (Å²) in [6, 6.07) is 20.4. The van der Waals surface area contributed by atoms with Gasteiger partial charge < -0.3 is 15.0 Å². The third-order valence-corrected chi connectivity index (χ3v) is 5.81. The Bertz CT molecular complexity index is 1210. The van der Waals surface area contributed by atoms with Crippen LogP contribution >= 0.6 is 0 Å². The number of benzene rings is 3. The molecule has 4 heteroatoms. The van der Waals surface area contributed by atoms with Gasteiger partial charge in [0.1, 0.15) is 5.75 Å². The summed E-state index contributed by atoms with van der Waals surface area (Å²) in [7, 11) is 1.70. The van der Waals surface area contributed by atoms with Gasteiger partial charge in [-0.1, -0.05) is 56.2 Å². The Balaban J connectivity index is 1.93. The highest BCUT2D eigenvalue weighted by atomic mass is 16.5. The standard InChI is InChI=1S/C26H28N2O2/c1-3-4-5-9-18-14-15-20-23(16-18)28(17-19-10-6-7-13-24(19)30-2)22-12-8-11-21(25(20)22)26(27)29/h6-8,10-16H,3-5,9,17H2,1-2H3,(H2,27,29). The van der Waals surface area contributed by atoms with Gasteiger partial charge in [-0.3, -0.25) is 4.79 Å². The van der Waals surface area contributed by atoms with Gasteiger partial charge >= 0.3 is 0 Å². The third-order valence-electron chi connectivity index (χ3n) is 5.81. The molecule has 30 heavy (non-hydrogen) atoms. The Hall–Kier alpha value is -3.27. The van der Waals surface area contributed by atoms with Crippen LogP contribution in [0.5, 0.6) is 5.75 Å². The van der Waals surface area contributed by atoms with Crippen LogP contribution in [0, 0.1) is 0 Å². The molecule has 0 saturated carbocycles. The van der Waals surface area contributed by atoms with Crippen LogP contribution in [0.3, 0.4) is 0 Å². The minimum Gasteiger partial charge on any atom is -0.496 e. The molecule has 0 unspecified atom stereocenters. The number of aryl methyl sites for hydroxylation is 1. The molecule has 0 aliphatic rings. The molecule has 4 nitrogen and oxygen atoms in total. The van der Waals surface area contributed by atoms with Crippen molar-refractivity contribution in [1.82, 2.24) is 4.57 Å². The van der Waals surface area contributed by atoms with Gasteiger partial charge in [0.15, 0.2) is 0 Å². The fourth-order valence-electron chi connectivity index (χ4n) is 4.30. The molecule has 0 aliphatic heterocycles. The number of hydrogen-bond acceptors (Lipinski definition) is 2. The summed E-state index contributed by atoms with van der Waals surface area (Å²) < 4.78 is 7.86. The Morgan fingerprint density at radius 3 is 2.60 bits per heavy atom. The number of primary amides is 1. The predicted molar refractivity (Wildman–Crippen MR) is 123 cm³/mol. The molecule has 0 bridgehead atoms. The van der Waals surface area contributed by atoms with E-state index in [4.69, 9.17) is 10.5 Å². The Kier molecular flexibility index (Phi) is 5.75. The zero-order valence-corrected chi connectivity index (χ0v) is 17.7. The summed E-state index contributed by atoms with van der Waals surface area (Å²) in [5.74, 6) is 0.460. The van der Waals surface area contributed by atoms with Crippen LogP contribution in [-0.2, 0) is 13.0 Å². The van der Waals surface area contributed by atoms with Crippen molar-refractivity contribution in [3.63, 3.8) is 0 Å². The maximum Gasteiger partial charge on any atom is 0.249 e. The number of methoxy groups -OCH3 is 1. The fourth-order valence-corrected chi connectivity index (χ4v) is 4.30. The summed E-state index contributed by atoms with van der Waals surface area (Å²) in [6.45, 7) is 2.88. The lowest BCUT2D eigenvalue weighted by atomic mass is 10.0. The number of ether oxygens (including phenoxy) is 1. The van der Waals surface area contributed by atoms with Crippen molar-refractivity contribution in [3.8, 4) is 5.75 Å². The Labute approximate surface area is 177 Å². The van der Waals surface area contributed by atoms with Gasteiger partial charge in [-0.25, -0.2) is 0 Å². The number of fused-ring (bicyclic) bond motifs is 3. The summed E-state index contributed by atoms with van der Waals surface area (Å²) >= 11 is 0. The normalized spacial score (nSPS) is 11.3. The van der Waals surface area contributed by atoms with Crippen LogP contribution < -0.4 is 10.5 Å². The number of rotatable bonds is 8. The lowest BCUT2D eigenvalue weighted by Gasteiger charge is -2.12. The molecule has 3 aromatic carbocycles. The van der Waals surface area contributed by atoms with Crippen LogP contribution in [-0.4, -0.2) is 17.6 Å². The van der Waals surface area contributed by atoms with E-state index in [1.807, 2.05) is 30.3 Å². The molecule has 154 valence electrons. The minimum atomic E-state index is -0.399. The number of amides is 1. The van der Waals surface area contributed by atoms with Crippen LogP contribution in [0.1, 0.15) is 47.7 Å². The van der Waals surface area contributed by atoms with Gasteiger partial charge in [0, 0.05) is 27.4 Å². The van der Waals surface area contributed by atoms with E-state index in [2.05, 4.69) is 41.8 Å². The van der Waals surface area contributed by atoms with Crippen molar-refractivity contribution in [2.75, 3.05) is 7.11 Å². The number of hydrogen-bond donors (Lipinski definition) is 1. The Morgan fingerprint density at radius 1 is 1.00 bits per heavy atom. The first kappa shape index (κ1) is 20.0. The average molecular weight is 401 g/mol. The van der Waals surface area contributed by atoms with E-state index in [0.29, 0.717) is 12.1 Å². The maximum absolute atomic E-state index is 12.2. The molecule has 4 rings (SSSR count). The van der Waals surface area contributed by atoms with E-state index in [0.717, 1.165) is 39.5 Å². The molecule has 1 amide bonds. The van der Waals surface area contributed by atoms with E-state index < -0.39 is 5.91 Å². The van der Waals surface area contributed by atoms with E-state index >= 15 is 0 Å². The highest BCUT2D eigenvalue weighted by molar-refractivity contribution is 6.18. The zero-order chi connectivity index (χ0) is 21.1. The zero-order valence-electron chi connectivity index (χ0n) is 17.7. The van der Waals surface area contributed by atoms with Crippen molar-refractivity contribution in [3.05, 3.63) is 77.4 Å². The Morgan fingerprint density at radius 2 is 1.83 bits per heavy atom. The summed E-state index contributed by atoms with van der Waals surface area (Å²) in [5.41, 5.74) is 10.8. The second-order valence-electron chi connectivity index (χ2n) is 7.77. The van der Waals surface area contributed by atoms with Crippen molar-refractivity contribution >= 4 is 27.7 Å². The quantitative estimate of drug-likeness (QED) is 0.387. The topological polar surface area (TPSA) is 57.2 Å². The monoisotopic (exact) mass is 400 g/mol. The number of carbonyl (C=O) groups excluding carboxylic acids is 1. The van der Waals surface area contributed by atoms with Crippen LogP contribution in [0.2, 0.25) is 0 Å². The van der Waals surface area contributed by atoms with Gasteiger partial charge in [-0.15, -0.1) is 0 Å². The van der Waals surface area contributed by atoms with E-state index in [1.54, 1.807) is 7.11 Å². The first-order valence-corrected chi connectivity index (χ1v) is 10.6. The SMILES string of the molecule is CCCCCc1ccc2c3c(C(N)=O)cccc3n(Cc3ccccc3OC)c2c1. The number of unbranched alkanes of at least 4 members (excludes halogenated alkanes) is 2. The maximum atomic E-state index is 12.2. The van der Waals surface area contributed by atoms with Crippen molar-refractivity contribution in [2.45, 2.75) is 39.2 Å². The number of aromatic nitrogens is 1. The van der Waals surface area contributed by atoms with Crippen LogP contribution in [0.15, 0.2) is 60.7 Å². The molecule has 0 radical (unpaired) electrons. The van der Waals surface area contributed by atoms with Crippen molar-refractivity contribution in [2.24, 2.45) is 5.73 Å². The molecule has 0 aliphatic carbocycles. The molecule has 0 spiro atoms. The molecule has 1 heterocycles. The number of nitrogens with two attached hydrogens (primary N) is 1. The molecular formula is C26H28N2O2. The molecule has 1 aromatic heterocycles.